The molecule has 0 radical (unpaired) electrons. The van der Waals surface area contributed by atoms with E-state index in [4.69, 9.17) is 5.73 Å². The van der Waals surface area contributed by atoms with Crippen LogP contribution in [-0.4, -0.2) is 16.0 Å². The molecule has 0 aliphatic rings. The molecule has 1 aromatic carbocycles. The van der Waals surface area contributed by atoms with Crippen LogP contribution in [0.4, 0.5) is 18.9 Å². The molecule has 0 aliphatic heterocycles. The third-order valence-electron chi connectivity index (χ3n) is 2.50. The first-order valence-electron chi connectivity index (χ1n) is 5.23. The van der Waals surface area contributed by atoms with E-state index in [1.807, 2.05) is 0 Å². The second-order valence-corrected chi connectivity index (χ2v) is 3.90. The summed E-state index contributed by atoms with van der Waals surface area (Å²) in [6.07, 6.45) is -3.25. The number of halogens is 3. The molecule has 0 saturated carbocycles. The van der Waals surface area contributed by atoms with Crippen LogP contribution < -0.4 is 5.73 Å². The molecule has 92 valence electrons. The molecular weight excluding hydrogens is 231 g/mol. The lowest BCUT2D eigenvalue weighted by Gasteiger charge is -2.07. The second-order valence-electron chi connectivity index (χ2n) is 3.90. The third-order valence-corrected chi connectivity index (χ3v) is 2.50. The normalized spacial score (nSPS) is 12.2. The Morgan fingerprint density at radius 3 is 2.76 bits per heavy atom. The molecule has 0 atom stereocenters. The van der Waals surface area contributed by atoms with Crippen molar-refractivity contribution in [3.05, 3.63) is 24.4 Å². The number of fused-ring (bicyclic) bond motifs is 1. The predicted octanol–water partition coefficient (Wildman–Crippen LogP) is 2.96. The molecule has 6 heteroatoms. The Labute approximate surface area is 96.0 Å². The van der Waals surface area contributed by atoms with Gasteiger partial charge in [0.15, 0.2) is 0 Å². The maximum absolute atomic E-state index is 12.0. The molecule has 2 aromatic rings. The van der Waals surface area contributed by atoms with E-state index >= 15 is 0 Å². The highest BCUT2D eigenvalue weighted by atomic mass is 19.4. The van der Waals surface area contributed by atoms with Crippen LogP contribution in [0.25, 0.3) is 10.9 Å². The monoisotopic (exact) mass is 243 g/mol. The second kappa shape index (κ2) is 4.27. The van der Waals surface area contributed by atoms with Crippen LogP contribution in [0.2, 0.25) is 0 Å². The average Bonchev–Trinajstić information content (AvgIpc) is 2.59. The number of aryl methyl sites for hydroxylation is 1. The summed E-state index contributed by atoms with van der Waals surface area (Å²) in [5.41, 5.74) is 6.98. The number of hydrogen-bond donors (Lipinski definition) is 1. The van der Waals surface area contributed by atoms with Crippen LogP contribution in [0, 0.1) is 0 Å². The lowest BCUT2D eigenvalue weighted by molar-refractivity contribution is -0.135. The Balaban J connectivity index is 2.11. The van der Waals surface area contributed by atoms with Crippen molar-refractivity contribution in [3.63, 3.8) is 0 Å². The van der Waals surface area contributed by atoms with Crippen molar-refractivity contribution in [3.8, 4) is 0 Å². The van der Waals surface area contributed by atoms with E-state index in [-0.39, 0.29) is 13.0 Å². The molecule has 0 amide bonds. The van der Waals surface area contributed by atoms with Gasteiger partial charge in [0.25, 0.3) is 0 Å². The van der Waals surface area contributed by atoms with Gasteiger partial charge < -0.3 is 5.73 Å². The third kappa shape index (κ3) is 2.89. The van der Waals surface area contributed by atoms with E-state index in [0.29, 0.717) is 5.69 Å². The summed E-state index contributed by atoms with van der Waals surface area (Å²) >= 11 is 0. The molecule has 0 unspecified atom stereocenters. The number of anilines is 1. The molecule has 3 nitrogen and oxygen atoms in total. The number of hydrogen-bond acceptors (Lipinski definition) is 2. The summed E-state index contributed by atoms with van der Waals surface area (Å²) in [5.74, 6) is 0. The molecule has 0 bridgehead atoms. The minimum absolute atomic E-state index is 0.0229. The zero-order chi connectivity index (χ0) is 12.5. The lowest BCUT2D eigenvalue weighted by atomic mass is 10.2. The summed E-state index contributed by atoms with van der Waals surface area (Å²) in [6.45, 7) is 0.243. The topological polar surface area (TPSA) is 43.8 Å². The van der Waals surface area contributed by atoms with Gasteiger partial charge in [0.2, 0.25) is 0 Å². The van der Waals surface area contributed by atoms with Crippen LogP contribution in [0.15, 0.2) is 24.4 Å². The highest BCUT2D eigenvalue weighted by Gasteiger charge is 2.26. The summed E-state index contributed by atoms with van der Waals surface area (Å²) in [7, 11) is 0. The van der Waals surface area contributed by atoms with E-state index in [0.717, 1.165) is 10.9 Å². The summed E-state index contributed by atoms with van der Waals surface area (Å²) in [5, 5.41) is 4.93. The Morgan fingerprint density at radius 2 is 2.06 bits per heavy atom. The molecule has 0 fully saturated rings. The molecule has 0 spiro atoms. The van der Waals surface area contributed by atoms with Crippen molar-refractivity contribution in [1.29, 1.82) is 0 Å². The summed E-state index contributed by atoms with van der Waals surface area (Å²) in [6, 6.07) is 5.26. The van der Waals surface area contributed by atoms with Crippen molar-refractivity contribution >= 4 is 16.6 Å². The largest absolute Gasteiger partial charge is 0.399 e. The molecule has 0 aliphatic carbocycles. The van der Waals surface area contributed by atoms with Crippen LogP contribution >= 0.6 is 0 Å². The van der Waals surface area contributed by atoms with Gasteiger partial charge in [-0.25, -0.2) is 0 Å². The van der Waals surface area contributed by atoms with E-state index < -0.39 is 12.6 Å². The SMILES string of the molecule is Nc1ccc2cnn(CCCC(F)(F)F)c2c1. The Kier molecular flexibility index (Phi) is 2.95. The number of aromatic nitrogens is 2. The van der Waals surface area contributed by atoms with Crippen molar-refractivity contribution < 1.29 is 13.2 Å². The first-order chi connectivity index (χ1) is 7.96. The van der Waals surface area contributed by atoms with Gasteiger partial charge in [0, 0.05) is 24.0 Å². The molecule has 0 saturated heterocycles. The Bertz CT molecular complexity index is 516. The number of nitrogens with two attached hydrogens (primary N) is 1. The highest BCUT2D eigenvalue weighted by molar-refractivity contribution is 5.81. The minimum Gasteiger partial charge on any atom is -0.399 e. The highest BCUT2D eigenvalue weighted by Crippen LogP contribution is 2.23. The van der Waals surface area contributed by atoms with E-state index in [1.54, 1.807) is 29.1 Å². The fourth-order valence-electron chi connectivity index (χ4n) is 1.69. The average molecular weight is 243 g/mol. The van der Waals surface area contributed by atoms with Gasteiger partial charge in [0.1, 0.15) is 0 Å². The molecule has 2 N–H and O–H groups in total. The first-order valence-corrected chi connectivity index (χ1v) is 5.23. The Morgan fingerprint density at radius 1 is 1.29 bits per heavy atom. The molecule has 1 heterocycles. The number of benzene rings is 1. The van der Waals surface area contributed by atoms with Crippen LogP contribution in [-0.2, 0) is 6.54 Å². The number of rotatable bonds is 3. The van der Waals surface area contributed by atoms with Crippen LogP contribution in [0.5, 0.6) is 0 Å². The van der Waals surface area contributed by atoms with Gasteiger partial charge in [-0.15, -0.1) is 0 Å². The molecule has 17 heavy (non-hydrogen) atoms. The Hall–Kier alpha value is -1.72. The zero-order valence-electron chi connectivity index (χ0n) is 9.04. The van der Waals surface area contributed by atoms with Crippen molar-refractivity contribution in [2.45, 2.75) is 25.6 Å². The number of nitrogen functional groups attached to an aromatic ring is 1. The number of alkyl halides is 3. The van der Waals surface area contributed by atoms with Crippen molar-refractivity contribution in [2.24, 2.45) is 0 Å². The molecule has 1 aromatic heterocycles. The van der Waals surface area contributed by atoms with Gasteiger partial charge in [-0.05, 0) is 24.6 Å². The van der Waals surface area contributed by atoms with Gasteiger partial charge in [-0.3, -0.25) is 4.68 Å². The fraction of sp³-hybridized carbons (Fsp3) is 0.364. The minimum atomic E-state index is -4.11. The first kappa shape index (κ1) is 11.8. The van der Waals surface area contributed by atoms with Crippen LogP contribution in [0.1, 0.15) is 12.8 Å². The maximum atomic E-state index is 12.0. The predicted molar refractivity (Wildman–Crippen MR) is 59.4 cm³/mol. The summed E-state index contributed by atoms with van der Waals surface area (Å²) < 4.78 is 37.6. The standard InChI is InChI=1S/C11H12F3N3/c12-11(13,14)4-1-5-17-10-6-9(15)3-2-8(10)7-16-17/h2-3,6-7H,1,4-5,15H2. The summed E-state index contributed by atoms with van der Waals surface area (Å²) in [4.78, 5) is 0. The van der Waals surface area contributed by atoms with Gasteiger partial charge >= 0.3 is 6.18 Å². The molecular formula is C11H12F3N3. The van der Waals surface area contributed by atoms with Gasteiger partial charge in [0.05, 0.1) is 11.7 Å². The van der Waals surface area contributed by atoms with E-state index in [9.17, 15) is 13.2 Å². The van der Waals surface area contributed by atoms with E-state index in [1.165, 1.54) is 0 Å². The van der Waals surface area contributed by atoms with Gasteiger partial charge in [-0.1, -0.05) is 0 Å². The van der Waals surface area contributed by atoms with E-state index in [2.05, 4.69) is 5.10 Å². The lowest BCUT2D eigenvalue weighted by Crippen LogP contribution is -2.09. The molecule has 2 rings (SSSR count). The quantitative estimate of drug-likeness (QED) is 0.842. The van der Waals surface area contributed by atoms with Crippen LogP contribution in [0.3, 0.4) is 0 Å². The zero-order valence-corrected chi connectivity index (χ0v) is 9.04. The van der Waals surface area contributed by atoms with Crippen molar-refractivity contribution in [2.75, 3.05) is 5.73 Å². The van der Waals surface area contributed by atoms with Gasteiger partial charge in [-0.2, -0.15) is 18.3 Å². The van der Waals surface area contributed by atoms with Crippen molar-refractivity contribution in [1.82, 2.24) is 9.78 Å². The number of nitrogens with zero attached hydrogens (tertiary/aromatic N) is 2. The smallest absolute Gasteiger partial charge is 0.389 e. The maximum Gasteiger partial charge on any atom is 0.389 e. The fourth-order valence-corrected chi connectivity index (χ4v) is 1.69.